The molecular weight excluding hydrogens is 386 g/mol. The minimum absolute atomic E-state index is 0.875. The number of nitrogens with zero attached hydrogens (tertiary/aromatic N) is 1. The summed E-state index contributed by atoms with van der Waals surface area (Å²) in [6, 6.07) is 25.0. The van der Waals surface area contributed by atoms with Crippen LogP contribution in [0.5, 0.6) is 0 Å². The summed E-state index contributed by atoms with van der Waals surface area (Å²) in [4.78, 5) is 0. The van der Waals surface area contributed by atoms with Gasteiger partial charge in [-0.15, -0.1) is 0 Å². The molecule has 0 aliphatic heterocycles. The van der Waals surface area contributed by atoms with Crippen molar-refractivity contribution in [2.24, 2.45) is 13.0 Å². The average molecular weight is 421 g/mol. The molecule has 1 fully saturated rings. The van der Waals surface area contributed by atoms with E-state index < -0.39 is 0 Å². The fourth-order valence-corrected chi connectivity index (χ4v) is 5.53. The lowest BCUT2D eigenvalue weighted by Crippen LogP contribution is -2.35. The van der Waals surface area contributed by atoms with Crippen LogP contribution in [0.1, 0.15) is 48.1 Å². The van der Waals surface area contributed by atoms with Crippen molar-refractivity contribution in [1.29, 1.82) is 0 Å². The van der Waals surface area contributed by atoms with E-state index in [0.29, 0.717) is 0 Å². The van der Waals surface area contributed by atoms with Crippen LogP contribution in [0.25, 0.3) is 33.2 Å². The summed E-state index contributed by atoms with van der Waals surface area (Å²) >= 11 is 0. The van der Waals surface area contributed by atoms with E-state index in [1.54, 1.807) is 0 Å². The van der Waals surface area contributed by atoms with Crippen molar-refractivity contribution in [3.63, 3.8) is 0 Å². The molecule has 1 aromatic heterocycles. The first-order chi connectivity index (χ1) is 15.5. The minimum atomic E-state index is 0.875. The van der Waals surface area contributed by atoms with Crippen LogP contribution in [0.15, 0.2) is 66.7 Å². The molecule has 1 nitrogen and oxygen atoms in total. The van der Waals surface area contributed by atoms with Gasteiger partial charge in [-0.3, -0.25) is 0 Å². The van der Waals surface area contributed by atoms with E-state index in [9.17, 15) is 0 Å². The van der Waals surface area contributed by atoms with Crippen LogP contribution >= 0.6 is 0 Å². The number of hydrogen-bond donors (Lipinski definition) is 0. The maximum Gasteiger partial charge on any atom is 0.220 e. The van der Waals surface area contributed by atoms with Crippen LogP contribution in [0, 0.1) is 26.7 Å². The molecule has 3 aromatic carbocycles. The summed E-state index contributed by atoms with van der Waals surface area (Å²) in [5, 5.41) is 2.72. The van der Waals surface area contributed by atoms with Crippen molar-refractivity contribution in [3.8, 4) is 22.4 Å². The number of hydrogen-bond acceptors (Lipinski definition) is 0. The molecule has 32 heavy (non-hydrogen) atoms. The van der Waals surface area contributed by atoms with Gasteiger partial charge in [0.1, 0.15) is 7.05 Å². The van der Waals surface area contributed by atoms with Gasteiger partial charge in [-0.05, 0) is 71.5 Å². The Labute approximate surface area is 192 Å². The Hall–Kier alpha value is -2.93. The van der Waals surface area contributed by atoms with Gasteiger partial charge in [0.2, 0.25) is 5.69 Å². The molecule has 1 saturated carbocycles. The predicted molar refractivity (Wildman–Crippen MR) is 136 cm³/mol. The minimum Gasteiger partial charge on any atom is -0.198 e. The van der Waals surface area contributed by atoms with Gasteiger partial charge in [-0.1, -0.05) is 74.2 Å². The molecule has 162 valence electrons. The predicted octanol–water partition coefficient (Wildman–Crippen LogP) is 7.66. The number of fused-ring (bicyclic) bond motifs is 1. The maximum absolute atomic E-state index is 2.45. The van der Waals surface area contributed by atoms with Crippen LogP contribution in [-0.4, -0.2) is 0 Å². The molecule has 0 saturated heterocycles. The first kappa shape index (κ1) is 20.9. The largest absolute Gasteiger partial charge is 0.220 e. The third-order valence-corrected chi connectivity index (χ3v) is 7.63. The van der Waals surface area contributed by atoms with Gasteiger partial charge in [-0.2, -0.15) is 4.57 Å². The van der Waals surface area contributed by atoms with Crippen LogP contribution in [0.2, 0.25) is 0 Å². The highest BCUT2D eigenvalue weighted by Gasteiger charge is 2.22. The van der Waals surface area contributed by atoms with Crippen molar-refractivity contribution in [2.45, 2.75) is 52.9 Å². The Morgan fingerprint density at radius 3 is 2.31 bits per heavy atom. The molecule has 0 bridgehead atoms. The lowest BCUT2D eigenvalue weighted by atomic mass is 9.90. The van der Waals surface area contributed by atoms with E-state index in [0.717, 1.165) is 5.92 Å². The second-order valence-corrected chi connectivity index (χ2v) is 9.80. The van der Waals surface area contributed by atoms with Crippen LogP contribution in [0.3, 0.4) is 0 Å². The number of rotatable bonds is 4. The summed E-state index contributed by atoms with van der Waals surface area (Å²) in [7, 11) is 2.21. The van der Waals surface area contributed by atoms with Gasteiger partial charge < -0.3 is 0 Å². The molecular formula is C31H34N+. The van der Waals surface area contributed by atoms with E-state index in [-0.39, 0.29) is 0 Å². The molecule has 0 radical (unpaired) electrons. The smallest absolute Gasteiger partial charge is 0.198 e. The van der Waals surface area contributed by atoms with E-state index in [1.807, 2.05) is 0 Å². The molecule has 1 aliphatic carbocycles. The first-order valence-electron chi connectivity index (χ1n) is 12.1. The van der Waals surface area contributed by atoms with Crippen molar-refractivity contribution >= 4 is 10.8 Å². The van der Waals surface area contributed by atoms with Gasteiger partial charge in [-0.25, -0.2) is 0 Å². The summed E-state index contributed by atoms with van der Waals surface area (Å²) in [5.74, 6) is 0.875. The molecule has 0 unspecified atom stereocenters. The standard InChI is InChI=1S/C31H34N/c1-21-16-27(26-12-6-5-7-13-26)20-30(23(21)3)31-29-15-14-25(18-24-10-8-9-11-24)19-28(29)17-22(2)32(31)4/h5-7,12-17,19-20,24H,8-11,18H2,1-4H3/q+1. The first-order valence-corrected chi connectivity index (χ1v) is 12.1. The van der Waals surface area contributed by atoms with Crippen LogP contribution < -0.4 is 4.57 Å². The fourth-order valence-electron chi connectivity index (χ4n) is 5.53. The van der Waals surface area contributed by atoms with Gasteiger partial charge in [0.05, 0.1) is 10.9 Å². The highest BCUT2D eigenvalue weighted by Crippen LogP contribution is 2.35. The zero-order valence-electron chi connectivity index (χ0n) is 19.9. The van der Waals surface area contributed by atoms with Gasteiger partial charge >= 0.3 is 0 Å². The normalized spacial score (nSPS) is 14.4. The van der Waals surface area contributed by atoms with E-state index >= 15 is 0 Å². The second-order valence-electron chi connectivity index (χ2n) is 9.80. The summed E-state index contributed by atoms with van der Waals surface area (Å²) in [5.41, 5.74) is 10.7. The topological polar surface area (TPSA) is 3.88 Å². The van der Waals surface area contributed by atoms with Crippen molar-refractivity contribution in [1.82, 2.24) is 0 Å². The second kappa shape index (κ2) is 8.54. The molecule has 1 aliphatic rings. The Kier molecular flexibility index (Phi) is 5.59. The monoisotopic (exact) mass is 420 g/mol. The Morgan fingerprint density at radius 2 is 1.56 bits per heavy atom. The number of aryl methyl sites for hydroxylation is 2. The highest BCUT2D eigenvalue weighted by atomic mass is 14.9. The number of pyridine rings is 1. The zero-order valence-corrected chi connectivity index (χ0v) is 19.9. The molecule has 0 amide bonds. The van der Waals surface area contributed by atoms with E-state index in [4.69, 9.17) is 0 Å². The number of benzene rings is 3. The van der Waals surface area contributed by atoms with Crippen LogP contribution in [-0.2, 0) is 13.5 Å². The SMILES string of the molecule is Cc1cc(-c2ccccc2)cc(-c2c3ccc(CC4CCCC4)cc3cc(C)[n+]2C)c1C. The van der Waals surface area contributed by atoms with Crippen molar-refractivity contribution < 1.29 is 4.57 Å². The van der Waals surface area contributed by atoms with Gasteiger partial charge in [0.15, 0.2) is 5.69 Å². The fraction of sp³-hybridized carbons (Fsp3) is 0.323. The summed E-state index contributed by atoms with van der Waals surface area (Å²) in [6.45, 7) is 6.74. The molecule has 4 aromatic rings. The van der Waals surface area contributed by atoms with Crippen molar-refractivity contribution in [3.05, 3.63) is 89.1 Å². The van der Waals surface area contributed by atoms with Gasteiger partial charge in [0, 0.05) is 13.0 Å². The van der Waals surface area contributed by atoms with Crippen LogP contribution in [0.4, 0.5) is 0 Å². The van der Waals surface area contributed by atoms with Gasteiger partial charge in [0.25, 0.3) is 0 Å². The average Bonchev–Trinajstić information content (AvgIpc) is 3.31. The third-order valence-electron chi connectivity index (χ3n) is 7.63. The van der Waals surface area contributed by atoms with E-state index in [2.05, 4.69) is 99.1 Å². The molecule has 5 rings (SSSR count). The zero-order chi connectivity index (χ0) is 22.2. The highest BCUT2D eigenvalue weighted by molar-refractivity contribution is 5.95. The third kappa shape index (κ3) is 3.86. The molecule has 1 heteroatoms. The molecule has 1 heterocycles. The Bertz CT molecular complexity index is 1280. The molecule has 0 spiro atoms. The molecule has 0 atom stereocenters. The maximum atomic E-state index is 2.45. The van der Waals surface area contributed by atoms with Crippen molar-refractivity contribution in [2.75, 3.05) is 0 Å². The summed E-state index contributed by atoms with van der Waals surface area (Å²) in [6.07, 6.45) is 6.85. The quantitative estimate of drug-likeness (QED) is 0.298. The Morgan fingerprint density at radius 1 is 0.812 bits per heavy atom. The number of aromatic nitrogens is 1. The lowest BCUT2D eigenvalue weighted by molar-refractivity contribution is -0.665. The van der Waals surface area contributed by atoms with E-state index in [1.165, 1.54) is 87.6 Å². The Balaban J connectivity index is 1.68. The molecule has 0 N–H and O–H groups in total. The summed E-state index contributed by atoms with van der Waals surface area (Å²) < 4.78 is 2.37. The lowest BCUT2D eigenvalue weighted by Gasteiger charge is -2.15.